The molecule has 1 N–H and O–H groups in total. The van der Waals surface area contributed by atoms with Gasteiger partial charge in [0.15, 0.2) is 0 Å². The maximum absolute atomic E-state index is 10.9. The smallest absolute Gasteiger partial charge is 0.336 e. The van der Waals surface area contributed by atoms with Crippen LogP contribution in [-0.4, -0.2) is 11.1 Å². The molecule has 0 spiro atoms. The van der Waals surface area contributed by atoms with Crippen molar-refractivity contribution in [1.82, 2.24) is 0 Å². The Labute approximate surface area is 110 Å². The Kier molecular flexibility index (Phi) is 2.92. The van der Waals surface area contributed by atoms with E-state index in [1.54, 1.807) is 11.4 Å². The lowest BCUT2D eigenvalue weighted by atomic mass is 9.78. The van der Waals surface area contributed by atoms with Crippen molar-refractivity contribution in [3.05, 3.63) is 46.8 Å². The molecule has 0 unspecified atom stereocenters. The summed E-state index contributed by atoms with van der Waals surface area (Å²) in [5, 5.41) is 10.7. The molecule has 2 aromatic rings. The molecule has 0 atom stereocenters. The maximum atomic E-state index is 10.9. The van der Waals surface area contributed by atoms with Crippen LogP contribution in [0, 0.1) is 0 Å². The molecule has 3 rings (SSSR count). The number of carboxylic acid groups (broad SMARTS) is 1. The molecule has 2 nitrogen and oxygen atoms in total. The van der Waals surface area contributed by atoms with Gasteiger partial charge in [-0.05, 0) is 36.0 Å². The van der Waals surface area contributed by atoms with Crippen LogP contribution in [0.3, 0.4) is 0 Å². The van der Waals surface area contributed by atoms with Crippen LogP contribution in [0.25, 0.3) is 10.4 Å². The molecule has 1 saturated carbocycles. The van der Waals surface area contributed by atoms with Gasteiger partial charge in [-0.2, -0.15) is 0 Å². The zero-order valence-corrected chi connectivity index (χ0v) is 10.7. The summed E-state index contributed by atoms with van der Waals surface area (Å²) >= 11 is 1.52. The monoisotopic (exact) mass is 258 g/mol. The van der Waals surface area contributed by atoms with Gasteiger partial charge < -0.3 is 5.11 Å². The summed E-state index contributed by atoms with van der Waals surface area (Å²) < 4.78 is 0. The van der Waals surface area contributed by atoms with Gasteiger partial charge in [-0.1, -0.05) is 30.7 Å². The SMILES string of the molecule is O=C(O)c1csc(-c2ccccc2C2CCC2)c1. The molecule has 0 bridgehead atoms. The van der Waals surface area contributed by atoms with E-state index < -0.39 is 5.97 Å². The van der Waals surface area contributed by atoms with Crippen LogP contribution in [0.15, 0.2) is 35.7 Å². The molecule has 1 fully saturated rings. The first-order valence-electron chi connectivity index (χ1n) is 6.17. The molecule has 0 radical (unpaired) electrons. The summed E-state index contributed by atoms with van der Waals surface area (Å²) in [6.07, 6.45) is 3.83. The summed E-state index contributed by atoms with van der Waals surface area (Å²) in [6, 6.07) is 10.2. The summed E-state index contributed by atoms with van der Waals surface area (Å²) in [4.78, 5) is 12.0. The van der Waals surface area contributed by atoms with E-state index in [0.29, 0.717) is 11.5 Å². The number of thiophene rings is 1. The summed E-state index contributed by atoms with van der Waals surface area (Å²) in [6.45, 7) is 0. The topological polar surface area (TPSA) is 37.3 Å². The van der Waals surface area contributed by atoms with Gasteiger partial charge in [0.1, 0.15) is 0 Å². The lowest BCUT2D eigenvalue weighted by Gasteiger charge is -2.27. The van der Waals surface area contributed by atoms with E-state index in [1.165, 1.54) is 41.7 Å². The van der Waals surface area contributed by atoms with Gasteiger partial charge in [-0.3, -0.25) is 0 Å². The van der Waals surface area contributed by atoms with Crippen LogP contribution in [0.2, 0.25) is 0 Å². The highest BCUT2D eigenvalue weighted by Gasteiger charge is 2.22. The van der Waals surface area contributed by atoms with Gasteiger partial charge >= 0.3 is 5.97 Å². The normalized spacial score (nSPS) is 15.3. The van der Waals surface area contributed by atoms with Crippen molar-refractivity contribution in [2.45, 2.75) is 25.2 Å². The first-order valence-corrected chi connectivity index (χ1v) is 7.05. The number of rotatable bonds is 3. The lowest BCUT2D eigenvalue weighted by molar-refractivity contribution is 0.0697. The second-order valence-electron chi connectivity index (χ2n) is 4.72. The zero-order chi connectivity index (χ0) is 12.5. The van der Waals surface area contributed by atoms with Crippen molar-refractivity contribution in [2.24, 2.45) is 0 Å². The second-order valence-corrected chi connectivity index (χ2v) is 5.63. The lowest BCUT2D eigenvalue weighted by Crippen LogP contribution is -2.09. The van der Waals surface area contributed by atoms with Crippen LogP contribution in [0.1, 0.15) is 41.1 Å². The van der Waals surface area contributed by atoms with Crippen LogP contribution < -0.4 is 0 Å². The number of benzene rings is 1. The third-order valence-electron chi connectivity index (χ3n) is 3.62. The Morgan fingerprint density at radius 1 is 1.28 bits per heavy atom. The van der Waals surface area contributed by atoms with E-state index in [1.807, 2.05) is 6.07 Å². The van der Waals surface area contributed by atoms with E-state index >= 15 is 0 Å². The second kappa shape index (κ2) is 4.58. The molecule has 1 aromatic heterocycles. The summed E-state index contributed by atoms with van der Waals surface area (Å²) in [5.74, 6) is -0.185. The molecule has 3 heteroatoms. The predicted molar refractivity (Wildman–Crippen MR) is 73.3 cm³/mol. The molecule has 1 aliphatic rings. The van der Waals surface area contributed by atoms with Crippen molar-refractivity contribution >= 4 is 17.3 Å². The molecule has 0 aliphatic heterocycles. The quantitative estimate of drug-likeness (QED) is 0.887. The van der Waals surface area contributed by atoms with E-state index in [0.717, 1.165) is 4.88 Å². The fraction of sp³-hybridized carbons (Fsp3) is 0.267. The van der Waals surface area contributed by atoms with Crippen molar-refractivity contribution in [3.8, 4) is 10.4 Å². The van der Waals surface area contributed by atoms with E-state index in [9.17, 15) is 4.79 Å². The average Bonchev–Trinajstić information content (AvgIpc) is 2.77. The molecule has 92 valence electrons. The minimum absolute atomic E-state index is 0.387. The third-order valence-corrected chi connectivity index (χ3v) is 4.58. The number of hydrogen-bond acceptors (Lipinski definition) is 2. The molecule has 0 saturated heterocycles. The van der Waals surface area contributed by atoms with E-state index in [4.69, 9.17) is 5.11 Å². The van der Waals surface area contributed by atoms with Crippen molar-refractivity contribution < 1.29 is 9.90 Å². The molecule has 18 heavy (non-hydrogen) atoms. The van der Waals surface area contributed by atoms with E-state index in [-0.39, 0.29) is 0 Å². The van der Waals surface area contributed by atoms with E-state index in [2.05, 4.69) is 18.2 Å². The standard InChI is InChI=1S/C15H14O2S/c16-15(17)11-8-14(18-9-11)13-7-2-1-6-12(13)10-4-3-5-10/h1-2,6-10H,3-5H2,(H,16,17). The van der Waals surface area contributed by atoms with Gasteiger partial charge in [-0.25, -0.2) is 4.79 Å². The maximum Gasteiger partial charge on any atom is 0.336 e. The van der Waals surface area contributed by atoms with Crippen LogP contribution >= 0.6 is 11.3 Å². The Hall–Kier alpha value is -1.61. The molecule has 1 heterocycles. The highest BCUT2D eigenvalue weighted by Crippen LogP contribution is 2.42. The number of hydrogen-bond donors (Lipinski definition) is 1. The Balaban J connectivity index is 2.02. The number of carbonyl (C=O) groups is 1. The average molecular weight is 258 g/mol. The molecule has 1 aromatic carbocycles. The molecule has 0 amide bonds. The number of aromatic carboxylic acids is 1. The summed E-state index contributed by atoms with van der Waals surface area (Å²) in [7, 11) is 0. The Morgan fingerprint density at radius 3 is 2.67 bits per heavy atom. The Morgan fingerprint density at radius 2 is 2.06 bits per heavy atom. The third kappa shape index (κ3) is 1.95. The first kappa shape index (κ1) is 11.5. The fourth-order valence-corrected chi connectivity index (χ4v) is 3.32. The Bertz CT molecular complexity index is 582. The molecular weight excluding hydrogens is 244 g/mol. The highest BCUT2D eigenvalue weighted by atomic mass is 32.1. The van der Waals surface area contributed by atoms with Crippen molar-refractivity contribution in [3.63, 3.8) is 0 Å². The molecule has 1 aliphatic carbocycles. The van der Waals surface area contributed by atoms with Gasteiger partial charge in [0, 0.05) is 10.3 Å². The fourth-order valence-electron chi connectivity index (χ4n) is 2.39. The van der Waals surface area contributed by atoms with Crippen LogP contribution in [0.5, 0.6) is 0 Å². The molecular formula is C15H14O2S. The number of carboxylic acids is 1. The van der Waals surface area contributed by atoms with Gasteiger partial charge in [-0.15, -0.1) is 11.3 Å². The zero-order valence-electron chi connectivity index (χ0n) is 9.93. The first-order chi connectivity index (χ1) is 8.75. The largest absolute Gasteiger partial charge is 0.478 e. The van der Waals surface area contributed by atoms with Gasteiger partial charge in [0.05, 0.1) is 5.56 Å². The van der Waals surface area contributed by atoms with Crippen molar-refractivity contribution in [2.75, 3.05) is 0 Å². The minimum atomic E-state index is -0.848. The highest BCUT2D eigenvalue weighted by molar-refractivity contribution is 7.13. The summed E-state index contributed by atoms with van der Waals surface area (Å²) in [5.41, 5.74) is 2.97. The van der Waals surface area contributed by atoms with Gasteiger partial charge in [0.25, 0.3) is 0 Å². The van der Waals surface area contributed by atoms with Crippen LogP contribution in [0.4, 0.5) is 0 Å². The predicted octanol–water partition coefficient (Wildman–Crippen LogP) is 4.38. The van der Waals surface area contributed by atoms with Crippen molar-refractivity contribution in [1.29, 1.82) is 0 Å². The van der Waals surface area contributed by atoms with Gasteiger partial charge in [0.2, 0.25) is 0 Å². The van der Waals surface area contributed by atoms with Crippen LogP contribution in [-0.2, 0) is 0 Å². The minimum Gasteiger partial charge on any atom is -0.478 e.